The quantitative estimate of drug-likeness (QED) is 0.154. The van der Waals surface area contributed by atoms with E-state index in [0.717, 1.165) is 24.2 Å². The molecule has 1 heterocycles. The predicted octanol–water partition coefficient (Wildman–Crippen LogP) is 15.8. The highest BCUT2D eigenvalue weighted by Crippen LogP contribution is 2.40. The topological polar surface area (TPSA) is 17.0 Å². The van der Waals surface area contributed by atoms with E-state index in [-0.39, 0.29) is 12.0 Å². The molecule has 0 bridgehead atoms. The highest BCUT2D eigenvalue weighted by atomic mass is 15.0. The van der Waals surface area contributed by atoms with Crippen LogP contribution in [0.4, 0.5) is 5.69 Å². The fourth-order valence-electron chi connectivity index (χ4n) is 9.55. The van der Waals surface area contributed by atoms with Crippen LogP contribution in [0.3, 0.4) is 0 Å². The highest BCUT2D eigenvalue weighted by Gasteiger charge is 2.25. The average molecular weight is 795 g/mol. The third-order valence-corrected chi connectivity index (χ3v) is 12.6. The number of anilines is 1. The van der Waals surface area contributed by atoms with Gasteiger partial charge in [0, 0.05) is 28.1 Å². The van der Waals surface area contributed by atoms with Crippen molar-refractivity contribution in [1.82, 2.24) is 4.57 Å². The van der Waals surface area contributed by atoms with Crippen LogP contribution in [0.5, 0.6) is 0 Å². The van der Waals surface area contributed by atoms with Crippen molar-refractivity contribution in [2.24, 2.45) is 5.92 Å². The molecule has 9 aromatic rings. The Kier molecular flexibility index (Phi) is 9.88. The van der Waals surface area contributed by atoms with Gasteiger partial charge in [0.05, 0.1) is 17.1 Å². The molecular weight excluding hydrogens is 749 g/mol. The van der Waals surface area contributed by atoms with Crippen LogP contribution >= 0.6 is 0 Å². The van der Waals surface area contributed by atoms with Crippen LogP contribution in [0, 0.1) is 5.92 Å². The molecule has 2 aliphatic carbocycles. The summed E-state index contributed by atoms with van der Waals surface area (Å²) in [5, 5.41) is 6.51. The first-order valence-electron chi connectivity index (χ1n) is 21.8. The summed E-state index contributed by atoms with van der Waals surface area (Å²) in [4.78, 5) is 0. The SMILES string of the molecule is C1=CC(Nc2cc(-c3ccccc3)cc(-c3ccccc3)c2)C(C2=CC(c3ccc4c(c3)c3ccccc3n4-c3cc(-c4ccccc4)cc(-c4ccccc4)c3)=CCC2)C=C1. The molecule has 296 valence electrons. The van der Waals surface area contributed by atoms with E-state index in [1.54, 1.807) is 0 Å². The summed E-state index contributed by atoms with van der Waals surface area (Å²) in [6, 6.07) is 72.9. The van der Waals surface area contributed by atoms with Gasteiger partial charge in [-0.05, 0) is 123 Å². The second kappa shape index (κ2) is 16.4. The predicted molar refractivity (Wildman–Crippen MR) is 263 cm³/mol. The smallest absolute Gasteiger partial charge is 0.0547 e. The number of hydrogen-bond donors (Lipinski definition) is 1. The van der Waals surface area contributed by atoms with Crippen molar-refractivity contribution in [3.05, 3.63) is 248 Å². The Morgan fingerprint density at radius 1 is 0.419 bits per heavy atom. The molecular formula is C60H46N2. The minimum Gasteiger partial charge on any atom is -0.378 e. The van der Waals surface area contributed by atoms with Gasteiger partial charge in [-0.2, -0.15) is 0 Å². The van der Waals surface area contributed by atoms with Crippen molar-refractivity contribution in [2.45, 2.75) is 18.9 Å². The first kappa shape index (κ1) is 37.3. The third kappa shape index (κ3) is 7.31. The zero-order valence-electron chi connectivity index (χ0n) is 34.5. The Balaban J connectivity index is 0.950. The van der Waals surface area contributed by atoms with E-state index >= 15 is 0 Å². The largest absolute Gasteiger partial charge is 0.378 e. The molecule has 2 atom stereocenters. The lowest BCUT2D eigenvalue weighted by molar-refractivity contribution is 0.652. The second-order valence-electron chi connectivity index (χ2n) is 16.5. The van der Waals surface area contributed by atoms with Crippen LogP contribution in [0.25, 0.3) is 77.6 Å². The van der Waals surface area contributed by atoms with Crippen molar-refractivity contribution in [3.63, 3.8) is 0 Å². The van der Waals surface area contributed by atoms with Gasteiger partial charge in [0.25, 0.3) is 0 Å². The van der Waals surface area contributed by atoms with Crippen LogP contribution in [0.1, 0.15) is 18.4 Å². The summed E-state index contributed by atoms with van der Waals surface area (Å²) < 4.78 is 2.45. The monoisotopic (exact) mass is 794 g/mol. The number of benzene rings is 8. The summed E-state index contributed by atoms with van der Waals surface area (Å²) in [7, 11) is 0. The fourth-order valence-corrected chi connectivity index (χ4v) is 9.55. The Labute approximate surface area is 364 Å². The fraction of sp³-hybridized carbons (Fsp3) is 0.0667. The molecule has 0 aliphatic heterocycles. The molecule has 0 amide bonds. The summed E-state index contributed by atoms with van der Waals surface area (Å²) in [6.07, 6.45) is 16.1. The number of aromatic nitrogens is 1. The van der Waals surface area contributed by atoms with Gasteiger partial charge in [0.1, 0.15) is 0 Å². The molecule has 2 unspecified atom stereocenters. The van der Waals surface area contributed by atoms with E-state index in [1.807, 2.05) is 0 Å². The standard InChI is InChI=1S/C60H46N2/c1-5-18-42(19-6-1)49-35-50(43-20-7-2-8-21-43)38-53(37-49)61-58-30-15-13-28-55(58)48-27-17-26-46(34-48)47-32-33-60-57(41-47)56-29-14-16-31-59(56)62(60)54-39-51(44-22-9-3-10-23-44)36-52(40-54)45-24-11-4-12-25-45/h1-16,18-26,28-41,55,58,61H,17,27H2. The van der Waals surface area contributed by atoms with Crippen molar-refractivity contribution >= 4 is 33.1 Å². The molecule has 62 heavy (non-hydrogen) atoms. The third-order valence-electron chi connectivity index (χ3n) is 12.6. The second-order valence-corrected chi connectivity index (χ2v) is 16.5. The highest BCUT2D eigenvalue weighted by molar-refractivity contribution is 6.10. The molecule has 2 nitrogen and oxygen atoms in total. The van der Waals surface area contributed by atoms with Crippen molar-refractivity contribution in [2.75, 3.05) is 5.32 Å². The molecule has 0 fully saturated rings. The molecule has 2 aliphatic rings. The Morgan fingerprint density at radius 3 is 1.53 bits per heavy atom. The van der Waals surface area contributed by atoms with E-state index in [4.69, 9.17) is 0 Å². The summed E-state index contributed by atoms with van der Waals surface area (Å²) >= 11 is 0. The van der Waals surface area contributed by atoms with E-state index in [9.17, 15) is 0 Å². The maximum absolute atomic E-state index is 3.99. The number of nitrogens with one attached hydrogen (secondary N) is 1. The van der Waals surface area contributed by atoms with E-state index in [0.29, 0.717) is 0 Å². The Morgan fingerprint density at radius 2 is 0.935 bits per heavy atom. The molecule has 11 rings (SSSR count). The Bertz CT molecular complexity index is 3070. The number of hydrogen-bond acceptors (Lipinski definition) is 1. The minimum atomic E-state index is 0.119. The number of para-hydroxylation sites is 1. The van der Waals surface area contributed by atoms with Crippen LogP contribution in [-0.4, -0.2) is 10.6 Å². The maximum atomic E-state index is 3.99. The summed E-state index contributed by atoms with van der Waals surface area (Å²) in [5.41, 5.74) is 18.4. The lowest BCUT2D eigenvalue weighted by atomic mass is 9.81. The first-order valence-corrected chi connectivity index (χ1v) is 21.8. The van der Waals surface area contributed by atoms with E-state index < -0.39 is 0 Å². The molecule has 0 saturated carbocycles. The van der Waals surface area contributed by atoms with Crippen LogP contribution in [0.15, 0.2) is 242 Å². The number of fused-ring (bicyclic) bond motifs is 3. The summed E-state index contributed by atoms with van der Waals surface area (Å²) in [6.45, 7) is 0. The van der Waals surface area contributed by atoms with Gasteiger partial charge in [-0.1, -0.05) is 188 Å². The van der Waals surface area contributed by atoms with Gasteiger partial charge in [-0.25, -0.2) is 0 Å². The van der Waals surface area contributed by atoms with Gasteiger partial charge in [0.2, 0.25) is 0 Å². The van der Waals surface area contributed by atoms with Crippen LogP contribution in [-0.2, 0) is 0 Å². The van der Waals surface area contributed by atoms with Gasteiger partial charge in [-0.15, -0.1) is 0 Å². The van der Waals surface area contributed by atoms with E-state index in [1.165, 1.54) is 83.0 Å². The molecule has 1 aromatic heterocycles. The normalized spacial score (nSPS) is 16.0. The van der Waals surface area contributed by atoms with Gasteiger partial charge in [0.15, 0.2) is 0 Å². The summed E-state index contributed by atoms with van der Waals surface area (Å²) in [5.74, 6) is 0.227. The first-order chi connectivity index (χ1) is 30.7. The lowest BCUT2D eigenvalue weighted by Gasteiger charge is -2.30. The van der Waals surface area contributed by atoms with Crippen LogP contribution in [0.2, 0.25) is 0 Å². The zero-order valence-corrected chi connectivity index (χ0v) is 34.5. The van der Waals surface area contributed by atoms with Crippen molar-refractivity contribution in [1.29, 1.82) is 0 Å². The van der Waals surface area contributed by atoms with Crippen molar-refractivity contribution < 1.29 is 0 Å². The van der Waals surface area contributed by atoms with Gasteiger partial charge in [-0.3, -0.25) is 0 Å². The van der Waals surface area contributed by atoms with E-state index in [2.05, 4.69) is 247 Å². The lowest BCUT2D eigenvalue weighted by Crippen LogP contribution is -2.29. The Hall–Kier alpha value is -7.68. The maximum Gasteiger partial charge on any atom is 0.0547 e. The van der Waals surface area contributed by atoms with Gasteiger partial charge < -0.3 is 9.88 Å². The van der Waals surface area contributed by atoms with Crippen molar-refractivity contribution in [3.8, 4) is 50.2 Å². The molecule has 2 heteroatoms. The molecule has 8 aromatic carbocycles. The average Bonchev–Trinajstić information content (AvgIpc) is 3.69. The number of allylic oxidation sites excluding steroid dienone is 5. The number of rotatable bonds is 9. The molecule has 1 N–H and O–H groups in total. The van der Waals surface area contributed by atoms with Crippen LogP contribution < -0.4 is 5.32 Å². The molecule has 0 radical (unpaired) electrons. The minimum absolute atomic E-state index is 0.119. The number of nitrogens with zero attached hydrogens (tertiary/aromatic N) is 1. The van der Waals surface area contributed by atoms with Gasteiger partial charge >= 0.3 is 0 Å². The molecule has 0 spiro atoms. The zero-order chi connectivity index (χ0) is 41.2. The molecule has 0 saturated heterocycles.